The van der Waals surface area contributed by atoms with Gasteiger partial charge in [-0.25, -0.2) is 4.98 Å². The molecular weight excluding hydrogens is 358 g/mol. The van der Waals surface area contributed by atoms with Crippen LogP contribution in [0.15, 0.2) is 48.7 Å². The Morgan fingerprint density at radius 1 is 1.16 bits per heavy atom. The molecule has 3 rings (SSSR count). The van der Waals surface area contributed by atoms with Gasteiger partial charge >= 0.3 is 0 Å². The van der Waals surface area contributed by atoms with Crippen molar-refractivity contribution in [1.82, 2.24) is 4.98 Å². The van der Waals surface area contributed by atoms with Crippen molar-refractivity contribution in [3.8, 4) is 21.8 Å². The van der Waals surface area contributed by atoms with Crippen molar-refractivity contribution in [2.45, 2.75) is 19.8 Å². The number of aldehydes is 1. The molecule has 25 heavy (non-hydrogen) atoms. The molecule has 0 aliphatic rings. The lowest BCUT2D eigenvalue weighted by Gasteiger charge is -2.09. The maximum Gasteiger partial charge on any atom is 0.282 e. The Kier molecular flexibility index (Phi) is 5.68. The molecular formula is C19H16ClNO3S. The van der Waals surface area contributed by atoms with Crippen LogP contribution in [0.25, 0.3) is 0 Å². The minimum atomic E-state index is 0.399. The fourth-order valence-corrected chi connectivity index (χ4v) is 3.16. The van der Waals surface area contributed by atoms with E-state index in [0.29, 0.717) is 33.2 Å². The predicted molar refractivity (Wildman–Crippen MR) is 99.3 cm³/mol. The van der Waals surface area contributed by atoms with Crippen molar-refractivity contribution in [3.05, 3.63) is 64.8 Å². The number of carbonyl (C=O) groups excluding carboxylic acids is 1. The fourth-order valence-electron chi connectivity index (χ4n) is 2.28. The number of nitrogens with zero attached hydrogens (tertiary/aromatic N) is 1. The average molecular weight is 374 g/mol. The Morgan fingerprint density at radius 3 is 2.68 bits per heavy atom. The molecule has 1 aromatic heterocycles. The number of carbonyl (C=O) groups is 1. The number of thiazole rings is 1. The van der Waals surface area contributed by atoms with Crippen LogP contribution in [0.5, 0.6) is 21.8 Å². The molecule has 0 radical (unpaired) electrons. The number of aryl methyl sites for hydroxylation is 1. The summed E-state index contributed by atoms with van der Waals surface area (Å²) < 4.78 is 11.6. The summed E-state index contributed by atoms with van der Waals surface area (Å²) in [6.45, 7) is 2.04. The molecule has 0 unspecified atom stereocenters. The van der Waals surface area contributed by atoms with Gasteiger partial charge in [0.15, 0.2) is 5.75 Å². The van der Waals surface area contributed by atoms with E-state index in [-0.39, 0.29) is 0 Å². The van der Waals surface area contributed by atoms with Crippen molar-refractivity contribution < 1.29 is 14.3 Å². The number of aromatic nitrogens is 1. The second kappa shape index (κ2) is 8.14. The summed E-state index contributed by atoms with van der Waals surface area (Å²) in [4.78, 5) is 14.7. The van der Waals surface area contributed by atoms with Crippen LogP contribution in [-0.4, -0.2) is 11.3 Å². The first-order valence-electron chi connectivity index (χ1n) is 7.81. The van der Waals surface area contributed by atoms with Crippen LogP contribution < -0.4 is 9.47 Å². The molecule has 0 fully saturated rings. The molecule has 0 aliphatic heterocycles. The Bertz CT molecular complexity index is 861. The lowest BCUT2D eigenvalue weighted by Crippen LogP contribution is -1.90. The van der Waals surface area contributed by atoms with E-state index in [1.165, 1.54) is 11.3 Å². The first-order valence-corrected chi connectivity index (χ1v) is 9.00. The van der Waals surface area contributed by atoms with E-state index in [2.05, 4.69) is 4.98 Å². The van der Waals surface area contributed by atoms with Gasteiger partial charge in [0.1, 0.15) is 12.0 Å². The molecule has 6 heteroatoms. The molecule has 0 spiro atoms. The van der Waals surface area contributed by atoms with Crippen LogP contribution in [0.2, 0.25) is 5.02 Å². The highest BCUT2D eigenvalue weighted by Gasteiger charge is 2.12. The molecule has 4 nitrogen and oxygen atoms in total. The minimum Gasteiger partial charge on any atom is -0.445 e. The highest BCUT2D eigenvalue weighted by Crippen LogP contribution is 2.38. The topological polar surface area (TPSA) is 48.4 Å². The minimum absolute atomic E-state index is 0.399. The Morgan fingerprint density at radius 2 is 1.96 bits per heavy atom. The van der Waals surface area contributed by atoms with E-state index in [1.807, 2.05) is 43.3 Å². The predicted octanol–water partition coefficient (Wildman–Crippen LogP) is 5.68. The second-order valence-corrected chi connectivity index (χ2v) is 6.61. The zero-order valence-electron chi connectivity index (χ0n) is 13.6. The summed E-state index contributed by atoms with van der Waals surface area (Å²) in [6, 6.07) is 13.0. The maximum atomic E-state index is 10.5. The van der Waals surface area contributed by atoms with Gasteiger partial charge in [0.2, 0.25) is 5.06 Å². The summed E-state index contributed by atoms with van der Waals surface area (Å²) in [5, 5.41) is 1.64. The van der Waals surface area contributed by atoms with Crippen molar-refractivity contribution in [1.29, 1.82) is 0 Å². The largest absolute Gasteiger partial charge is 0.445 e. The first-order chi connectivity index (χ1) is 12.2. The van der Waals surface area contributed by atoms with Crippen LogP contribution >= 0.6 is 22.9 Å². The molecule has 0 amide bonds. The van der Waals surface area contributed by atoms with E-state index in [9.17, 15) is 4.79 Å². The molecule has 128 valence electrons. The Hall–Kier alpha value is -2.37. The van der Waals surface area contributed by atoms with Crippen molar-refractivity contribution in [2.75, 3.05) is 0 Å². The van der Waals surface area contributed by atoms with Crippen LogP contribution in [0.4, 0.5) is 0 Å². The summed E-state index contributed by atoms with van der Waals surface area (Å²) in [5.41, 5.74) is 1.97. The van der Waals surface area contributed by atoms with E-state index < -0.39 is 0 Å². The molecule has 3 aromatic rings. The number of ether oxygens (including phenoxy) is 2. The third-order valence-corrected chi connectivity index (χ3v) is 4.59. The monoisotopic (exact) mass is 373 g/mol. The molecule has 0 bridgehead atoms. The summed E-state index contributed by atoms with van der Waals surface area (Å²) in [7, 11) is 0. The van der Waals surface area contributed by atoms with Gasteiger partial charge in [0, 0.05) is 6.42 Å². The van der Waals surface area contributed by atoms with Crippen LogP contribution in [-0.2, 0) is 17.6 Å². The Balaban J connectivity index is 1.71. The molecule has 0 atom stereocenters. The number of para-hydroxylation sites is 1. The van der Waals surface area contributed by atoms with Gasteiger partial charge in [-0.3, -0.25) is 0 Å². The zero-order valence-corrected chi connectivity index (χ0v) is 15.1. The van der Waals surface area contributed by atoms with Gasteiger partial charge in [0.05, 0.1) is 11.2 Å². The standard InChI is InChI=1S/C19H16ClNO3S/c1-2-14-4-3-5-16(20)18(14)24-19-21-12-17(25-19)23-15-8-6-13(7-9-15)10-11-22/h3-9,11-12H,2,10H2,1H3. The van der Waals surface area contributed by atoms with Gasteiger partial charge in [-0.2, -0.15) is 0 Å². The Labute approximate surface area is 155 Å². The van der Waals surface area contributed by atoms with Crippen LogP contribution in [0.3, 0.4) is 0 Å². The molecule has 0 N–H and O–H groups in total. The van der Waals surface area contributed by atoms with E-state index >= 15 is 0 Å². The second-order valence-electron chi connectivity index (χ2n) is 5.25. The number of hydrogen-bond acceptors (Lipinski definition) is 5. The quantitative estimate of drug-likeness (QED) is 0.499. The van der Waals surface area contributed by atoms with E-state index in [0.717, 1.165) is 23.8 Å². The summed E-state index contributed by atoms with van der Waals surface area (Å²) in [6.07, 6.45) is 3.71. The number of halogens is 1. The van der Waals surface area contributed by atoms with Gasteiger partial charge in [0.25, 0.3) is 5.19 Å². The summed E-state index contributed by atoms with van der Waals surface area (Å²) in [5.74, 6) is 1.31. The third-order valence-electron chi connectivity index (χ3n) is 3.54. The number of hydrogen-bond donors (Lipinski definition) is 0. The van der Waals surface area contributed by atoms with Gasteiger partial charge in [-0.15, -0.1) is 0 Å². The van der Waals surface area contributed by atoms with Crippen molar-refractivity contribution in [3.63, 3.8) is 0 Å². The first kappa shape index (κ1) is 17.5. The van der Waals surface area contributed by atoms with Gasteiger partial charge < -0.3 is 14.3 Å². The highest BCUT2D eigenvalue weighted by molar-refractivity contribution is 7.15. The van der Waals surface area contributed by atoms with Gasteiger partial charge in [-0.1, -0.05) is 42.8 Å². The number of benzene rings is 2. The summed E-state index contributed by atoms with van der Waals surface area (Å²) >= 11 is 7.53. The third kappa shape index (κ3) is 4.38. The SMILES string of the molecule is CCc1cccc(Cl)c1Oc1ncc(Oc2ccc(CC=O)cc2)s1. The maximum absolute atomic E-state index is 10.5. The average Bonchev–Trinajstić information content (AvgIpc) is 3.06. The normalized spacial score (nSPS) is 10.5. The molecule has 2 aromatic carbocycles. The van der Waals surface area contributed by atoms with Crippen molar-refractivity contribution >= 4 is 29.2 Å². The smallest absolute Gasteiger partial charge is 0.282 e. The van der Waals surface area contributed by atoms with Crippen LogP contribution in [0, 0.1) is 0 Å². The van der Waals surface area contributed by atoms with E-state index in [4.69, 9.17) is 21.1 Å². The van der Waals surface area contributed by atoms with E-state index in [1.54, 1.807) is 12.3 Å². The van der Waals surface area contributed by atoms with Gasteiger partial charge in [-0.05, 0) is 47.1 Å². The zero-order chi connectivity index (χ0) is 17.6. The molecule has 0 saturated heterocycles. The van der Waals surface area contributed by atoms with Crippen molar-refractivity contribution in [2.24, 2.45) is 0 Å². The molecule has 0 aliphatic carbocycles. The van der Waals surface area contributed by atoms with Crippen LogP contribution in [0.1, 0.15) is 18.1 Å². The lowest BCUT2D eigenvalue weighted by atomic mass is 10.1. The molecule has 1 heterocycles. The highest BCUT2D eigenvalue weighted by atomic mass is 35.5. The fraction of sp³-hybridized carbons (Fsp3) is 0.158. The number of rotatable bonds is 7. The molecule has 0 saturated carbocycles. The lowest BCUT2D eigenvalue weighted by molar-refractivity contribution is -0.107.